The fourth-order valence-electron chi connectivity index (χ4n) is 9.25. The van der Waals surface area contributed by atoms with Crippen LogP contribution in [-0.2, 0) is 27.4 Å². The summed E-state index contributed by atoms with van der Waals surface area (Å²) in [6.07, 6.45) is 7.90. The average Bonchev–Trinajstić information content (AvgIpc) is 3.96. The Kier molecular flexibility index (Phi) is 9.88. The van der Waals surface area contributed by atoms with Crippen molar-refractivity contribution in [2.75, 3.05) is 67.5 Å². The second-order valence-corrected chi connectivity index (χ2v) is 16.1. The van der Waals surface area contributed by atoms with Crippen LogP contribution < -0.4 is 25.8 Å². The molecule has 0 bridgehead atoms. The van der Waals surface area contributed by atoms with Gasteiger partial charge in [0.05, 0.1) is 47.7 Å². The minimum atomic E-state index is -0.609. The summed E-state index contributed by atoms with van der Waals surface area (Å²) in [4.78, 5) is 67.9. The number of rotatable bonds is 10. The van der Waals surface area contributed by atoms with Crippen molar-refractivity contribution in [1.29, 1.82) is 0 Å². The predicted molar refractivity (Wildman–Crippen MR) is 222 cm³/mol. The predicted octanol–water partition coefficient (Wildman–Crippen LogP) is 4.09. The number of carbonyl (C=O) groups is 4. The lowest BCUT2D eigenvalue weighted by atomic mass is 9.99. The lowest BCUT2D eigenvalue weighted by Gasteiger charge is -2.37. The van der Waals surface area contributed by atoms with Gasteiger partial charge < -0.3 is 30.1 Å². The highest BCUT2D eigenvalue weighted by molar-refractivity contribution is 6.06. The molecular weight excluding hydrogens is 768 g/mol. The number of halogens is 1. The van der Waals surface area contributed by atoms with Crippen molar-refractivity contribution in [3.8, 4) is 11.3 Å². The second-order valence-electron chi connectivity index (χ2n) is 16.1. The molecule has 10 rings (SSSR count). The molecule has 1 atom stereocenters. The summed E-state index contributed by atoms with van der Waals surface area (Å²) in [7, 11) is 0. The van der Waals surface area contributed by atoms with Gasteiger partial charge in [-0.05, 0) is 72.9 Å². The molecule has 5 aliphatic rings. The number of ether oxygens (including phenoxy) is 1. The standard InChI is InChI=1S/C44H45FN10O5/c45-28-9-14-54-37(25-47-39(54)22-28)33-4-5-35(41-34(33)24-48-43(41)58)49-38-7-2-30(23-46-38)52-12-10-31(11-13-52)60-20-19-51-15-17-53(18-16-51)29-1-3-32-27(21-29)26-55(44(32)59)36-6-8-40(56)50-42(36)57/h1-5,7,9,14,21-23,25,31,36H,6,8,10-13,15-20,24,26H2,(H,46,49)(H,48,58)(H,50,56,57). The normalized spacial score (nSPS) is 19.8. The van der Waals surface area contributed by atoms with Crippen LogP contribution in [0.15, 0.2) is 73.2 Å². The molecule has 0 spiro atoms. The second kappa shape index (κ2) is 15.7. The van der Waals surface area contributed by atoms with Crippen LogP contribution in [0.25, 0.3) is 16.9 Å². The van der Waals surface area contributed by atoms with Crippen molar-refractivity contribution in [1.82, 2.24) is 34.8 Å². The topological polar surface area (TPSA) is 157 Å². The number of imidazole rings is 1. The zero-order valence-corrected chi connectivity index (χ0v) is 33.0. The maximum atomic E-state index is 13.8. The van der Waals surface area contributed by atoms with Crippen LogP contribution >= 0.6 is 0 Å². The van der Waals surface area contributed by atoms with Crippen molar-refractivity contribution in [3.05, 3.63) is 101 Å². The summed E-state index contributed by atoms with van der Waals surface area (Å²) >= 11 is 0. The zero-order valence-electron chi connectivity index (χ0n) is 33.0. The number of pyridine rings is 2. The molecule has 15 nitrogen and oxygen atoms in total. The molecule has 3 aromatic heterocycles. The van der Waals surface area contributed by atoms with Crippen LogP contribution in [0.2, 0.25) is 0 Å². The summed E-state index contributed by atoms with van der Waals surface area (Å²) < 4.78 is 22.0. The van der Waals surface area contributed by atoms with E-state index in [0.717, 1.165) is 92.4 Å². The van der Waals surface area contributed by atoms with Crippen molar-refractivity contribution < 1.29 is 28.3 Å². The highest BCUT2D eigenvalue weighted by atomic mass is 19.1. The van der Waals surface area contributed by atoms with Gasteiger partial charge in [-0.15, -0.1) is 0 Å². The van der Waals surface area contributed by atoms with E-state index in [4.69, 9.17) is 9.72 Å². The van der Waals surface area contributed by atoms with E-state index in [2.05, 4.69) is 47.8 Å². The number of fused-ring (bicyclic) bond motifs is 3. The van der Waals surface area contributed by atoms with Gasteiger partial charge in [-0.1, -0.05) is 6.07 Å². The van der Waals surface area contributed by atoms with Gasteiger partial charge in [-0.3, -0.25) is 33.8 Å². The maximum absolute atomic E-state index is 13.8. The average molecular weight is 813 g/mol. The summed E-state index contributed by atoms with van der Waals surface area (Å²) in [5.74, 6) is -0.698. The number of hydrogen-bond acceptors (Lipinski definition) is 11. The molecule has 4 amide bonds. The number of aromatic nitrogens is 3. The fraction of sp³-hybridized carbons (Fsp3) is 0.364. The van der Waals surface area contributed by atoms with E-state index in [1.54, 1.807) is 17.3 Å². The van der Waals surface area contributed by atoms with E-state index in [9.17, 15) is 23.6 Å². The number of nitrogens with one attached hydrogen (secondary N) is 3. The SMILES string of the molecule is O=C1CCC(N2Cc3cc(N4CCN(CCOC5CCN(c6ccc(Nc7ccc(-c8cnc9cc(F)ccn89)c8c7C(=O)NC8)nc6)CC5)CC4)ccc3C2=O)C(=O)N1. The van der Waals surface area contributed by atoms with Crippen molar-refractivity contribution >= 4 is 52.2 Å². The minimum Gasteiger partial charge on any atom is -0.377 e. The molecule has 16 heteroatoms. The molecule has 0 saturated carbocycles. The monoisotopic (exact) mass is 812 g/mol. The molecule has 3 fully saturated rings. The molecule has 0 radical (unpaired) electrons. The Labute approximate surface area is 345 Å². The van der Waals surface area contributed by atoms with E-state index in [-0.39, 0.29) is 36.1 Å². The third-order valence-electron chi connectivity index (χ3n) is 12.5. The third kappa shape index (κ3) is 7.19. The molecule has 308 valence electrons. The summed E-state index contributed by atoms with van der Waals surface area (Å²) in [5.41, 5.74) is 7.92. The van der Waals surface area contributed by atoms with Gasteiger partial charge in [0.1, 0.15) is 23.3 Å². The van der Waals surface area contributed by atoms with Crippen LogP contribution in [0.3, 0.4) is 0 Å². The van der Waals surface area contributed by atoms with Gasteiger partial charge in [-0.25, -0.2) is 14.4 Å². The molecule has 1 unspecified atom stereocenters. The van der Waals surface area contributed by atoms with Crippen LogP contribution in [0.1, 0.15) is 57.5 Å². The van der Waals surface area contributed by atoms with Gasteiger partial charge >= 0.3 is 0 Å². The van der Waals surface area contributed by atoms with Crippen LogP contribution in [0.4, 0.5) is 27.3 Å². The molecule has 0 aliphatic carbocycles. The first-order valence-corrected chi connectivity index (χ1v) is 20.7. The third-order valence-corrected chi connectivity index (χ3v) is 12.5. The fourth-order valence-corrected chi connectivity index (χ4v) is 9.25. The number of imide groups is 1. The number of amides is 4. The molecule has 3 N–H and O–H groups in total. The highest BCUT2D eigenvalue weighted by Gasteiger charge is 2.39. The summed E-state index contributed by atoms with van der Waals surface area (Å²) in [6, 6.07) is 16.0. The Morgan fingerprint density at radius 2 is 1.63 bits per heavy atom. The van der Waals surface area contributed by atoms with Crippen LogP contribution in [-0.4, -0.2) is 112 Å². The number of benzene rings is 2. The number of piperidine rings is 2. The zero-order chi connectivity index (χ0) is 40.9. The lowest BCUT2D eigenvalue weighted by Crippen LogP contribution is -2.52. The van der Waals surface area contributed by atoms with Crippen molar-refractivity contribution in [2.45, 2.75) is 50.9 Å². The van der Waals surface area contributed by atoms with Crippen LogP contribution in [0, 0.1) is 5.82 Å². The minimum absolute atomic E-state index is 0.149. The maximum Gasteiger partial charge on any atom is 0.255 e. The van der Waals surface area contributed by atoms with E-state index >= 15 is 0 Å². The van der Waals surface area contributed by atoms with Gasteiger partial charge in [0.15, 0.2) is 0 Å². The molecule has 8 heterocycles. The Balaban J connectivity index is 0.675. The molecule has 3 saturated heterocycles. The van der Waals surface area contributed by atoms with Gasteiger partial charge in [0.2, 0.25) is 11.8 Å². The van der Waals surface area contributed by atoms with Gasteiger partial charge in [0.25, 0.3) is 11.8 Å². The van der Waals surface area contributed by atoms with Crippen LogP contribution in [0.5, 0.6) is 0 Å². The number of nitrogens with zero attached hydrogens (tertiary/aromatic N) is 7. The highest BCUT2D eigenvalue weighted by Crippen LogP contribution is 2.36. The molecule has 60 heavy (non-hydrogen) atoms. The van der Waals surface area contributed by atoms with E-state index in [1.807, 2.05) is 40.9 Å². The Bertz CT molecular complexity index is 2510. The molecule has 5 aromatic rings. The van der Waals surface area contributed by atoms with Gasteiger partial charge in [-0.2, -0.15) is 0 Å². The quantitative estimate of drug-likeness (QED) is 0.175. The first kappa shape index (κ1) is 37.9. The van der Waals surface area contributed by atoms with Crippen molar-refractivity contribution in [3.63, 3.8) is 0 Å². The first-order valence-electron chi connectivity index (χ1n) is 20.7. The Morgan fingerprint density at radius 1 is 0.833 bits per heavy atom. The number of carbonyl (C=O) groups excluding carboxylic acids is 4. The number of hydrogen-bond donors (Lipinski definition) is 3. The Hall–Kier alpha value is -6.39. The lowest BCUT2D eigenvalue weighted by molar-refractivity contribution is -0.136. The molecule has 2 aromatic carbocycles. The summed E-state index contributed by atoms with van der Waals surface area (Å²) in [5, 5.41) is 8.67. The number of piperazine rings is 1. The Morgan fingerprint density at radius 3 is 2.43 bits per heavy atom. The van der Waals surface area contributed by atoms with E-state index < -0.39 is 11.9 Å². The largest absolute Gasteiger partial charge is 0.377 e. The smallest absolute Gasteiger partial charge is 0.255 e. The summed E-state index contributed by atoms with van der Waals surface area (Å²) in [6.45, 7) is 7.68. The number of anilines is 4. The molecular formula is C44H45FN10O5. The first-order chi connectivity index (χ1) is 29.3. The molecule has 5 aliphatic heterocycles. The van der Waals surface area contributed by atoms with Crippen molar-refractivity contribution in [2.24, 2.45) is 0 Å². The van der Waals surface area contributed by atoms with Gasteiger partial charge in [0, 0.05) is 94.4 Å². The van der Waals surface area contributed by atoms with E-state index in [0.29, 0.717) is 54.4 Å². The van der Waals surface area contributed by atoms with E-state index in [1.165, 1.54) is 12.1 Å².